The van der Waals surface area contributed by atoms with E-state index >= 15 is 0 Å². The lowest BCUT2D eigenvalue weighted by molar-refractivity contribution is -0.105. The molecule has 1 saturated heterocycles. The molecule has 1 fully saturated rings. The molecule has 1 amide bonds. The number of nitrogens with one attached hydrogen (secondary N) is 3. The Balaban J connectivity index is 1.43. The van der Waals surface area contributed by atoms with Crippen LogP contribution in [0.1, 0.15) is 11.1 Å². The van der Waals surface area contributed by atoms with E-state index in [2.05, 4.69) is 25.5 Å². The minimum Gasteiger partial charge on any atom is -0.492 e. The van der Waals surface area contributed by atoms with Gasteiger partial charge in [-0.3, -0.25) is 15.1 Å². The summed E-state index contributed by atoms with van der Waals surface area (Å²) in [5.74, 6) is 1.36. The van der Waals surface area contributed by atoms with Crippen LogP contribution in [-0.2, 0) is 9.53 Å². The van der Waals surface area contributed by atoms with Crippen LogP contribution >= 0.6 is 0 Å². The fraction of sp³-hybridized carbons (Fsp3) is 0.250. The van der Waals surface area contributed by atoms with Crippen molar-refractivity contribution in [1.29, 1.82) is 5.41 Å². The van der Waals surface area contributed by atoms with Crippen molar-refractivity contribution >= 4 is 35.1 Å². The zero-order valence-corrected chi connectivity index (χ0v) is 18.7. The lowest BCUT2D eigenvalue weighted by atomic mass is 10.0. The van der Waals surface area contributed by atoms with Gasteiger partial charge in [0.2, 0.25) is 6.41 Å². The van der Waals surface area contributed by atoms with Crippen LogP contribution in [0.15, 0.2) is 54.9 Å². The fourth-order valence-electron chi connectivity index (χ4n) is 3.57. The number of nitrogens with zero attached hydrogens (tertiary/aromatic N) is 3. The lowest BCUT2D eigenvalue weighted by Crippen LogP contribution is -2.38. The van der Waals surface area contributed by atoms with E-state index < -0.39 is 0 Å². The second kappa shape index (κ2) is 11.2. The predicted molar refractivity (Wildman–Crippen MR) is 131 cm³/mol. The number of aromatic nitrogens is 2. The summed E-state index contributed by atoms with van der Waals surface area (Å²) in [6.07, 6.45) is 1.97. The molecular weight excluding hydrogens is 434 g/mol. The number of hydrogen-bond acceptors (Lipinski definition) is 9. The number of carbonyl (C=O) groups is 1. The first-order valence-corrected chi connectivity index (χ1v) is 10.9. The van der Waals surface area contributed by atoms with Gasteiger partial charge in [-0.2, -0.15) is 0 Å². The van der Waals surface area contributed by atoms with Gasteiger partial charge in [-0.15, -0.1) is 0 Å². The van der Waals surface area contributed by atoms with Gasteiger partial charge in [0, 0.05) is 36.6 Å². The number of morpholine rings is 1. The second-order valence-electron chi connectivity index (χ2n) is 7.65. The number of benzene rings is 2. The van der Waals surface area contributed by atoms with E-state index in [1.165, 1.54) is 6.33 Å². The number of rotatable bonds is 10. The number of nitrogens with two attached hydrogens (primary N) is 1. The second-order valence-corrected chi connectivity index (χ2v) is 7.65. The number of ether oxygens (including phenoxy) is 2. The zero-order valence-electron chi connectivity index (χ0n) is 18.7. The molecule has 5 N–H and O–H groups in total. The Kier molecular flexibility index (Phi) is 7.63. The molecule has 34 heavy (non-hydrogen) atoms. The summed E-state index contributed by atoms with van der Waals surface area (Å²) in [5, 5.41) is 14.5. The molecule has 3 aromatic rings. The third-order valence-corrected chi connectivity index (χ3v) is 5.42. The number of amides is 1. The molecule has 1 aromatic heterocycles. The Labute approximate surface area is 197 Å². The molecular formula is C24H27N7O3. The topological polar surface area (TPSA) is 138 Å². The van der Waals surface area contributed by atoms with Crippen molar-refractivity contribution in [3.05, 3.63) is 66.0 Å². The number of nitrogen functional groups attached to an aromatic ring is 1. The maximum Gasteiger partial charge on any atom is 0.211 e. The average Bonchev–Trinajstić information content (AvgIpc) is 2.86. The van der Waals surface area contributed by atoms with E-state index in [0.29, 0.717) is 35.6 Å². The molecule has 2 heterocycles. The van der Waals surface area contributed by atoms with Gasteiger partial charge < -0.3 is 25.8 Å². The maximum absolute atomic E-state index is 10.6. The molecule has 1 aliphatic heterocycles. The van der Waals surface area contributed by atoms with Gasteiger partial charge in [-0.1, -0.05) is 0 Å². The van der Waals surface area contributed by atoms with Gasteiger partial charge in [0.05, 0.1) is 24.5 Å². The van der Waals surface area contributed by atoms with Crippen LogP contribution in [-0.4, -0.2) is 66.4 Å². The molecule has 0 atom stereocenters. The highest BCUT2D eigenvalue weighted by molar-refractivity contribution is 6.16. The van der Waals surface area contributed by atoms with E-state index in [0.717, 1.165) is 44.3 Å². The summed E-state index contributed by atoms with van der Waals surface area (Å²) in [5.41, 5.74) is 8.78. The SMILES string of the molecule is N=C(c1ccc(OCCN2CCOCC2)cc1)c1c(N)ncnc1Nc1ccc(NC=O)cc1. The van der Waals surface area contributed by atoms with E-state index in [9.17, 15) is 4.79 Å². The van der Waals surface area contributed by atoms with Crippen LogP contribution < -0.4 is 21.1 Å². The smallest absolute Gasteiger partial charge is 0.211 e. The highest BCUT2D eigenvalue weighted by Crippen LogP contribution is 2.26. The van der Waals surface area contributed by atoms with Gasteiger partial charge in [0.1, 0.15) is 30.3 Å². The first-order chi connectivity index (χ1) is 16.6. The Morgan fingerprint density at radius 1 is 1.09 bits per heavy atom. The van der Waals surface area contributed by atoms with Crippen LogP contribution in [0.4, 0.5) is 23.0 Å². The molecule has 10 nitrogen and oxygen atoms in total. The van der Waals surface area contributed by atoms with Crippen molar-refractivity contribution in [1.82, 2.24) is 14.9 Å². The molecule has 4 rings (SSSR count). The predicted octanol–water partition coefficient (Wildman–Crippen LogP) is 2.50. The molecule has 0 unspecified atom stereocenters. The normalized spacial score (nSPS) is 13.8. The highest BCUT2D eigenvalue weighted by atomic mass is 16.5. The molecule has 176 valence electrons. The molecule has 10 heteroatoms. The first kappa shape index (κ1) is 23.1. The van der Waals surface area contributed by atoms with Gasteiger partial charge >= 0.3 is 0 Å². The monoisotopic (exact) mass is 461 g/mol. The fourth-order valence-corrected chi connectivity index (χ4v) is 3.57. The molecule has 0 radical (unpaired) electrons. The number of carbonyl (C=O) groups excluding carboxylic acids is 1. The summed E-state index contributed by atoms with van der Waals surface area (Å²) < 4.78 is 11.2. The van der Waals surface area contributed by atoms with E-state index in [1.807, 2.05) is 24.3 Å². The van der Waals surface area contributed by atoms with Crippen molar-refractivity contribution in [2.24, 2.45) is 0 Å². The minimum atomic E-state index is 0.194. The number of anilines is 4. The number of hydrogen-bond donors (Lipinski definition) is 4. The van der Waals surface area contributed by atoms with Crippen molar-refractivity contribution in [2.45, 2.75) is 0 Å². The summed E-state index contributed by atoms with van der Waals surface area (Å²) in [6.45, 7) is 4.82. The molecule has 0 spiro atoms. The Morgan fingerprint density at radius 2 is 1.79 bits per heavy atom. The largest absolute Gasteiger partial charge is 0.492 e. The molecule has 0 aliphatic carbocycles. The Morgan fingerprint density at radius 3 is 2.50 bits per heavy atom. The quantitative estimate of drug-likeness (QED) is 0.267. The Hall–Kier alpha value is -4.02. The minimum absolute atomic E-state index is 0.194. The van der Waals surface area contributed by atoms with Crippen molar-refractivity contribution in [3.8, 4) is 5.75 Å². The molecule has 2 aromatic carbocycles. The van der Waals surface area contributed by atoms with Gasteiger partial charge in [-0.05, 0) is 48.5 Å². The van der Waals surface area contributed by atoms with Gasteiger partial charge in [0.15, 0.2) is 0 Å². The summed E-state index contributed by atoms with van der Waals surface area (Å²) in [7, 11) is 0. The van der Waals surface area contributed by atoms with Crippen LogP contribution in [0.3, 0.4) is 0 Å². The van der Waals surface area contributed by atoms with Crippen LogP contribution in [0.25, 0.3) is 0 Å². The Bertz CT molecular complexity index is 1110. The van der Waals surface area contributed by atoms with E-state index in [4.69, 9.17) is 20.6 Å². The summed E-state index contributed by atoms with van der Waals surface area (Å²) >= 11 is 0. The van der Waals surface area contributed by atoms with Crippen LogP contribution in [0, 0.1) is 5.41 Å². The lowest BCUT2D eigenvalue weighted by Gasteiger charge is -2.26. The average molecular weight is 462 g/mol. The van der Waals surface area contributed by atoms with Crippen molar-refractivity contribution in [3.63, 3.8) is 0 Å². The standard InChI is InChI=1S/C24H27N7O3/c25-22(17-1-7-20(8-2-17)34-14-11-31-9-12-33-13-10-31)21-23(26)27-15-28-24(21)30-19-5-3-18(4-6-19)29-16-32/h1-8,15-16,25H,9-14H2,(H,29,32)(H3,26,27,28,30). The molecule has 1 aliphatic rings. The maximum atomic E-state index is 10.6. The summed E-state index contributed by atoms with van der Waals surface area (Å²) in [4.78, 5) is 21.3. The third-order valence-electron chi connectivity index (χ3n) is 5.42. The van der Waals surface area contributed by atoms with E-state index in [-0.39, 0.29) is 11.5 Å². The van der Waals surface area contributed by atoms with Gasteiger partial charge in [-0.25, -0.2) is 9.97 Å². The van der Waals surface area contributed by atoms with Crippen molar-refractivity contribution < 1.29 is 14.3 Å². The zero-order chi connectivity index (χ0) is 23.8. The highest BCUT2D eigenvalue weighted by Gasteiger charge is 2.17. The van der Waals surface area contributed by atoms with Crippen molar-refractivity contribution in [2.75, 3.05) is 55.8 Å². The van der Waals surface area contributed by atoms with Crippen LogP contribution in [0.2, 0.25) is 0 Å². The first-order valence-electron chi connectivity index (χ1n) is 10.9. The third kappa shape index (κ3) is 5.85. The van der Waals surface area contributed by atoms with E-state index in [1.54, 1.807) is 24.3 Å². The molecule has 0 bridgehead atoms. The summed E-state index contributed by atoms with van der Waals surface area (Å²) in [6, 6.07) is 14.4. The van der Waals surface area contributed by atoms with Crippen LogP contribution in [0.5, 0.6) is 5.75 Å². The molecule has 0 saturated carbocycles. The van der Waals surface area contributed by atoms with Gasteiger partial charge in [0.25, 0.3) is 0 Å².